The minimum atomic E-state index is -0.0288. The van der Waals surface area contributed by atoms with Crippen molar-refractivity contribution in [2.75, 3.05) is 44.2 Å². The predicted molar refractivity (Wildman–Crippen MR) is 101 cm³/mol. The molecule has 2 aliphatic heterocycles. The van der Waals surface area contributed by atoms with E-state index in [-0.39, 0.29) is 5.41 Å². The SMILES string of the molecule is O=C(N1CCN(c2nsc3ccccc23)CC1)C12CCCNCC1C2. The van der Waals surface area contributed by atoms with E-state index in [1.54, 1.807) is 11.5 Å². The number of rotatable bonds is 2. The first-order valence-electron chi connectivity index (χ1n) is 9.37. The van der Waals surface area contributed by atoms with Crippen molar-refractivity contribution < 1.29 is 4.79 Å². The van der Waals surface area contributed by atoms with E-state index in [1.165, 1.54) is 10.1 Å². The maximum Gasteiger partial charge on any atom is 0.229 e. The van der Waals surface area contributed by atoms with Gasteiger partial charge in [-0.2, -0.15) is 4.37 Å². The third-order valence-electron chi connectivity index (χ3n) is 6.25. The van der Waals surface area contributed by atoms with Gasteiger partial charge in [-0.15, -0.1) is 0 Å². The normalized spacial score (nSPS) is 29.4. The Kier molecular flexibility index (Phi) is 3.71. The lowest BCUT2D eigenvalue weighted by Gasteiger charge is -2.37. The van der Waals surface area contributed by atoms with E-state index < -0.39 is 0 Å². The number of aromatic nitrogens is 1. The van der Waals surface area contributed by atoms with Gasteiger partial charge in [0.2, 0.25) is 5.91 Å². The number of nitrogens with one attached hydrogen (secondary N) is 1. The molecule has 2 saturated heterocycles. The second kappa shape index (κ2) is 5.95. The fourth-order valence-electron chi connectivity index (χ4n) is 4.67. The Morgan fingerprint density at radius 1 is 1.24 bits per heavy atom. The molecule has 1 N–H and O–H groups in total. The molecule has 0 radical (unpaired) electrons. The first-order chi connectivity index (χ1) is 12.3. The van der Waals surface area contributed by atoms with Gasteiger partial charge in [0, 0.05) is 31.6 Å². The smallest absolute Gasteiger partial charge is 0.229 e. The van der Waals surface area contributed by atoms with Crippen molar-refractivity contribution in [2.45, 2.75) is 19.3 Å². The van der Waals surface area contributed by atoms with Gasteiger partial charge in [0.15, 0.2) is 0 Å². The van der Waals surface area contributed by atoms with Crippen LogP contribution >= 0.6 is 11.5 Å². The number of amides is 1. The highest BCUT2D eigenvalue weighted by Crippen LogP contribution is 2.57. The Hall–Kier alpha value is -1.66. The second-order valence-corrected chi connectivity index (χ2v) is 8.45. The van der Waals surface area contributed by atoms with Crippen LogP contribution in [-0.4, -0.2) is 54.4 Å². The van der Waals surface area contributed by atoms with Gasteiger partial charge in [-0.25, -0.2) is 0 Å². The molecule has 0 spiro atoms. The zero-order valence-corrected chi connectivity index (χ0v) is 15.2. The molecule has 0 bridgehead atoms. The van der Waals surface area contributed by atoms with E-state index in [1.807, 2.05) is 0 Å². The number of fused-ring (bicyclic) bond motifs is 2. The van der Waals surface area contributed by atoms with Crippen molar-refractivity contribution in [3.8, 4) is 0 Å². The summed E-state index contributed by atoms with van der Waals surface area (Å²) >= 11 is 1.57. The first kappa shape index (κ1) is 15.6. The van der Waals surface area contributed by atoms with Crippen molar-refractivity contribution in [3.63, 3.8) is 0 Å². The van der Waals surface area contributed by atoms with Crippen molar-refractivity contribution in [2.24, 2.45) is 11.3 Å². The Bertz CT molecular complexity index is 798. The molecule has 1 aromatic carbocycles. The van der Waals surface area contributed by atoms with Gasteiger partial charge in [-0.05, 0) is 61.9 Å². The fourth-order valence-corrected chi connectivity index (χ4v) is 5.46. The van der Waals surface area contributed by atoms with Crippen molar-refractivity contribution in [1.29, 1.82) is 0 Å². The van der Waals surface area contributed by atoms with E-state index in [0.29, 0.717) is 11.8 Å². The van der Waals surface area contributed by atoms with Crippen molar-refractivity contribution in [1.82, 2.24) is 14.6 Å². The largest absolute Gasteiger partial charge is 0.352 e. The lowest BCUT2D eigenvalue weighted by atomic mass is 9.95. The third kappa shape index (κ3) is 2.54. The molecular formula is C19H24N4OS. The molecular weight excluding hydrogens is 332 g/mol. The minimum Gasteiger partial charge on any atom is -0.352 e. The van der Waals surface area contributed by atoms with Gasteiger partial charge in [0.05, 0.1) is 10.1 Å². The average molecular weight is 356 g/mol. The summed E-state index contributed by atoms with van der Waals surface area (Å²) in [4.78, 5) is 17.6. The first-order valence-corrected chi connectivity index (χ1v) is 10.1. The van der Waals surface area contributed by atoms with E-state index >= 15 is 0 Å². The zero-order valence-electron chi connectivity index (χ0n) is 14.4. The summed E-state index contributed by atoms with van der Waals surface area (Å²) in [5.74, 6) is 2.08. The lowest BCUT2D eigenvalue weighted by Crippen LogP contribution is -2.51. The molecule has 1 aliphatic carbocycles. The number of benzene rings is 1. The monoisotopic (exact) mass is 356 g/mol. The number of carbonyl (C=O) groups is 1. The molecule has 6 heteroatoms. The van der Waals surface area contributed by atoms with Gasteiger partial charge in [0.1, 0.15) is 5.82 Å². The van der Waals surface area contributed by atoms with Crippen LogP contribution in [0.2, 0.25) is 0 Å². The van der Waals surface area contributed by atoms with Gasteiger partial charge in [-0.3, -0.25) is 4.79 Å². The van der Waals surface area contributed by atoms with Crippen LogP contribution < -0.4 is 10.2 Å². The standard InChI is InChI=1S/C19H24N4OS/c24-18(19-6-3-7-20-13-14(19)12-19)23-10-8-22(9-11-23)17-15-4-1-2-5-16(15)25-21-17/h1-2,4-5,14,20H,3,6-13H2. The Morgan fingerprint density at radius 3 is 2.96 bits per heavy atom. The van der Waals surface area contributed by atoms with E-state index in [4.69, 9.17) is 0 Å². The summed E-state index contributed by atoms with van der Waals surface area (Å²) < 4.78 is 5.91. The van der Waals surface area contributed by atoms with Crippen LogP contribution in [0.25, 0.3) is 10.1 Å². The number of nitrogens with zero attached hydrogens (tertiary/aromatic N) is 3. The minimum absolute atomic E-state index is 0.0288. The quantitative estimate of drug-likeness (QED) is 0.897. The van der Waals surface area contributed by atoms with Gasteiger partial charge < -0.3 is 15.1 Å². The van der Waals surface area contributed by atoms with Crippen LogP contribution in [0.1, 0.15) is 19.3 Å². The maximum absolute atomic E-state index is 13.1. The number of hydrogen-bond donors (Lipinski definition) is 1. The molecule has 3 aliphatic rings. The summed E-state index contributed by atoms with van der Waals surface area (Å²) in [7, 11) is 0. The van der Waals surface area contributed by atoms with Crippen LogP contribution in [0.15, 0.2) is 24.3 Å². The van der Waals surface area contributed by atoms with Crippen LogP contribution in [0.4, 0.5) is 5.82 Å². The predicted octanol–water partition coefficient (Wildman–Crippen LogP) is 2.33. The average Bonchev–Trinajstić information content (AvgIpc) is 3.25. The maximum atomic E-state index is 13.1. The zero-order chi connectivity index (χ0) is 16.9. The van der Waals surface area contributed by atoms with Crippen molar-refractivity contribution >= 4 is 33.3 Å². The molecule has 1 aromatic heterocycles. The molecule has 1 amide bonds. The van der Waals surface area contributed by atoms with E-state index in [0.717, 1.165) is 64.3 Å². The molecule has 5 nitrogen and oxygen atoms in total. The highest BCUT2D eigenvalue weighted by Gasteiger charge is 2.60. The summed E-state index contributed by atoms with van der Waals surface area (Å²) in [6.45, 7) is 5.52. The Balaban J connectivity index is 1.28. The number of carbonyl (C=O) groups excluding carboxylic acids is 1. The molecule has 1 saturated carbocycles. The second-order valence-electron chi connectivity index (χ2n) is 7.65. The molecule has 2 unspecified atom stereocenters. The molecule has 2 atom stereocenters. The van der Waals surface area contributed by atoms with Crippen molar-refractivity contribution in [3.05, 3.63) is 24.3 Å². The summed E-state index contributed by atoms with van der Waals surface area (Å²) in [6, 6.07) is 8.42. The van der Waals surface area contributed by atoms with Crippen LogP contribution in [0.3, 0.4) is 0 Å². The number of piperazine rings is 1. The van der Waals surface area contributed by atoms with Crippen LogP contribution in [0, 0.1) is 11.3 Å². The van der Waals surface area contributed by atoms with Gasteiger partial charge in [-0.1, -0.05) is 12.1 Å². The number of hydrogen-bond acceptors (Lipinski definition) is 5. The lowest BCUT2D eigenvalue weighted by molar-refractivity contribution is -0.138. The molecule has 25 heavy (non-hydrogen) atoms. The van der Waals surface area contributed by atoms with Crippen LogP contribution in [-0.2, 0) is 4.79 Å². The molecule has 3 heterocycles. The highest BCUT2D eigenvalue weighted by atomic mass is 32.1. The molecule has 3 fully saturated rings. The third-order valence-corrected chi connectivity index (χ3v) is 7.07. The fraction of sp³-hybridized carbons (Fsp3) is 0.579. The molecule has 2 aromatic rings. The highest BCUT2D eigenvalue weighted by molar-refractivity contribution is 7.13. The molecule has 5 rings (SSSR count). The van der Waals surface area contributed by atoms with E-state index in [2.05, 4.69) is 43.8 Å². The Labute approximate surface area is 152 Å². The topological polar surface area (TPSA) is 48.5 Å². The Morgan fingerprint density at radius 2 is 2.08 bits per heavy atom. The number of anilines is 1. The summed E-state index contributed by atoms with van der Waals surface area (Å²) in [6.07, 6.45) is 3.29. The molecule has 132 valence electrons. The van der Waals surface area contributed by atoms with Gasteiger partial charge in [0.25, 0.3) is 0 Å². The summed E-state index contributed by atoms with van der Waals surface area (Å²) in [5, 5.41) is 4.72. The van der Waals surface area contributed by atoms with Crippen LogP contribution in [0.5, 0.6) is 0 Å². The summed E-state index contributed by atoms with van der Waals surface area (Å²) in [5.41, 5.74) is -0.0288. The van der Waals surface area contributed by atoms with Gasteiger partial charge >= 0.3 is 0 Å². The van der Waals surface area contributed by atoms with E-state index in [9.17, 15) is 4.79 Å².